The summed E-state index contributed by atoms with van der Waals surface area (Å²) in [5.41, 5.74) is 9.73. The van der Waals surface area contributed by atoms with E-state index in [0.717, 1.165) is 0 Å². The maximum atomic E-state index is 5.75. The average Bonchev–Trinajstić information content (AvgIpc) is 2.11. The van der Waals surface area contributed by atoms with Gasteiger partial charge in [0.1, 0.15) is 0 Å². The molecular formula is C12H20N2. The first-order valence-corrected chi connectivity index (χ1v) is 5.00. The molecule has 1 rings (SSSR count). The minimum Gasteiger partial charge on any atom is -0.329 e. The van der Waals surface area contributed by atoms with Gasteiger partial charge >= 0.3 is 0 Å². The van der Waals surface area contributed by atoms with Gasteiger partial charge in [0.05, 0.1) is 0 Å². The van der Waals surface area contributed by atoms with E-state index in [1.165, 1.54) is 16.7 Å². The summed E-state index contributed by atoms with van der Waals surface area (Å²) in [6.07, 6.45) is 0. The first-order chi connectivity index (χ1) is 6.56. The van der Waals surface area contributed by atoms with Gasteiger partial charge < -0.3 is 10.6 Å². The Kier molecular flexibility index (Phi) is 3.67. The van der Waals surface area contributed by atoms with Gasteiger partial charge in [-0.05, 0) is 44.6 Å². The van der Waals surface area contributed by atoms with E-state index in [4.69, 9.17) is 5.73 Å². The fraction of sp³-hybridized carbons (Fsp3) is 0.500. The van der Waals surface area contributed by atoms with Crippen LogP contribution in [0.15, 0.2) is 18.2 Å². The van der Waals surface area contributed by atoms with Gasteiger partial charge in [0.2, 0.25) is 0 Å². The third-order valence-corrected chi connectivity index (χ3v) is 2.76. The van der Waals surface area contributed by atoms with Crippen molar-refractivity contribution in [3.63, 3.8) is 0 Å². The Hall–Kier alpha value is -0.860. The fourth-order valence-electron chi connectivity index (χ4n) is 1.62. The molecule has 1 aromatic carbocycles. The first-order valence-electron chi connectivity index (χ1n) is 5.00. The molecule has 78 valence electrons. The highest BCUT2D eigenvalue weighted by Gasteiger charge is 2.11. The van der Waals surface area contributed by atoms with Crippen LogP contribution in [0.2, 0.25) is 0 Å². The van der Waals surface area contributed by atoms with Gasteiger partial charge in [-0.1, -0.05) is 18.2 Å². The van der Waals surface area contributed by atoms with Crippen molar-refractivity contribution in [1.82, 2.24) is 4.90 Å². The predicted octanol–water partition coefficient (Wildman–Crippen LogP) is 1.86. The zero-order chi connectivity index (χ0) is 10.7. The number of hydrogen-bond acceptors (Lipinski definition) is 2. The molecule has 0 saturated heterocycles. The van der Waals surface area contributed by atoms with Crippen LogP contribution in [0.5, 0.6) is 0 Å². The molecule has 0 aliphatic rings. The Bertz CT molecular complexity index is 305. The smallest absolute Gasteiger partial charge is 0.0464 e. The van der Waals surface area contributed by atoms with Crippen LogP contribution in [-0.2, 0) is 0 Å². The van der Waals surface area contributed by atoms with Gasteiger partial charge in [0.25, 0.3) is 0 Å². The van der Waals surface area contributed by atoms with Crippen LogP contribution in [0.25, 0.3) is 0 Å². The lowest BCUT2D eigenvalue weighted by atomic mass is 10.0. The van der Waals surface area contributed by atoms with E-state index < -0.39 is 0 Å². The summed E-state index contributed by atoms with van der Waals surface area (Å²) in [4.78, 5) is 2.16. The standard InChI is InChI=1S/C12H20N2/c1-9-5-6-11(7-10(9)2)12(8-13)14(3)4/h5-7,12H,8,13H2,1-4H3/t12-/m1/s1. The number of benzene rings is 1. The molecule has 0 unspecified atom stereocenters. The molecule has 0 aromatic heterocycles. The zero-order valence-electron chi connectivity index (χ0n) is 9.54. The lowest BCUT2D eigenvalue weighted by molar-refractivity contribution is 0.306. The molecule has 1 aromatic rings. The van der Waals surface area contributed by atoms with Crippen molar-refractivity contribution in [2.75, 3.05) is 20.6 Å². The summed E-state index contributed by atoms with van der Waals surface area (Å²) in [7, 11) is 4.12. The second-order valence-electron chi connectivity index (χ2n) is 4.06. The molecule has 0 saturated carbocycles. The van der Waals surface area contributed by atoms with E-state index in [0.29, 0.717) is 12.6 Å². The second kappa shape index (κ2) is 4.58. The van der Waals surface area contributed by atoms with Crippen LogP contribution >= 0.6 is 0 Å². The molecule has 0 spiro atoms. The molecule has 0 amide bonds. The van der Waals surface area contributed by atoms with Crippen LogP contribution in [0.1, 0.15) is 22.7 Å². The van der Waals surface area contributed by atoms with E-state index in [9.17, 15) is 0 Å². The fourth-order valence-corrected chi connectivity index (χ4v) is 1.62. The molecule has 0 aliphatic carbocycles. The van der Waals surface area contributed by atoms with Crippen molar-refractivity contribution in [2.24, 2.45) is 5.73 Å². The van der Waals surface area contributed by atoms with Gasteiger partial charge in [0, 0.05) is 12.6 Å². The van der Waals surface area contributed by atoms with Crippen LogP contribution in [0.4, 0.5) is 0 Å². The van der Waals surface area contributed by atoms with E-state index in [1.807, 2.05) is 0 Å². The topological polar surface area (TPSA) is 29.3 Å². The summed E-state index contributed by atoms with van der Waals surface area (Å²) in [5, 5.41) is 0. The molecule has 0 fully saturated rings. The Morgan fingerprint density at radius 3 is 2.29 bits per heavy atom. The lowest BCUT2D eigenvalue weighted by Gasteiger charge is -2.23. The number of hydrogen-bond donors (Lipinski definition) is 1. The summed E-state index contributed by atoms with van der Waals surface area (Å²) < 4.78 is 0. The van der Waals surface area contributed by atoms with E-state index in [2.05, 4.69) is 51.0 Å². The van der Waals surface area contributed by atoms with Crippen LogP contribution in [-0.4, -0.2) is 25.5 Å². The molecule has 1 atom stereocenters. The van der Waals surface area contributed by atoms with E-state index in [-0.39, 0.29) is 0 Å². The minimum atomic E-state index is 0.328. The summed E-state index contributed by atoms with van der Waals surface area (Å²) in [6, 6.07) is 6.89. The van der Waals surface area contributed by atoms with Gasteiger partial charge in [-0.2, -0.15) is 0 Å². The maximum absolute atomic E-state index is 5.75. The van der Waals surface area contributed by atoms with Gasteiger partial charge in [0.15, 0.2) is 0 Å². The third kappa shape index (κ3) is 2.34. The summed E-state index contributed by atoms with van der Waals surface area (Å²) >= 11 is 0. The van der Waals surface area contributed by atoms with Gasteiger partial charge in [-0.25, -0.2) is 0 Å². The maximum Gasteiger partial charge on any atom is 0.0464 e. The Balaban J connectivity index is 3.00. The first kappa shape index (κ1) is 11.2. The minimum absolute atomic E-state index is 0.328. The largest absolute Gasteiger partial charge is 0.329 e. The number of rotatable bonds is 3. The molecule has 0 heterocycles. The van der Waals surface area contributed by atoms with Crippen molar-refractivity contribution < 1.29 is 0 Å². The van der Waals surface area contributed by atoms with Crippen molar-refractivity contribution in [3.05, 3.63) is 34.9 Å². The van der Waals surface area contributed by atoms with E-state index >= 15 is 0 Å². The molecule has 2 N–H and O–H groups in total. The van der Waals surface area contributed by atoms with E-state index in [1.54, 1.807) is 0 Å². The molecule has 2 heteroatoms. The Morgan fingerprint density at radius 2 is 1.86 bits per heavy atom. The second-order valence-corrected chi connectivity index (χ2v) is 4.06. The zero-order valence-corrected chi connectivity index (χ0v) is 9.54. The summed E-state index contributed by atoms with van der Waals surface area (Å²) in [5.74, 6) is 0. The molecular weight excluding hydrogens is 172 g/mol. The normalized spacial score (nSPS) is 13.3. The number of nitrogens with zero attached hydrogens (tertiary/aromatic N) is 1. The highest BCUT2D eigenvalue weighted by molar-refractivity contribution is 5.31. The quantitative estimate of drug-likeness (QED) is 0.792. The summed E-state index contributed by atoms with van der Waals surface area (Å²) in [6.45, 7) is 4.93. The number of likely N-dealkylation sites (N-methyl/N-ethyl adjacent to an activating group) is 1. The molecule has 0 bridgehead atoms. The highest BCUT2D eigenvalue weighted by atomic mass is 15.1. The molecule has 0 radical (unpaired) electrons. The third-order valence-electron chi connectivity index (χ3n) is 2.76. The van der Waals surface area contributed by atoms with Crippen LogP contribution in [0, 0.1) is 13.8 Å². The lowest BCUT2D eigenvalue weighted by Crippen LogP contribution is -2.27. The van der Waals surface area contributed by atoms with Crippen LogP contribution < -0.4 is 5.73 Å². The number of aryl methyl sites for hydroxylation is 2. The highest BCUT2D eigenvalue weighted by Crippen LogP contribution is 2.19. The SMILES string of the molecule is Cc1ccc([C@@H](CN)N(C)C)cc1C. The molecule has 0 aliphatic heterocycles. The molecule has 2 nitrogen and oxygen atoms in total. The van der Waals surface area contributed by atoms with Gasteiger partial charge in [-0.15, -0.1) is 0 Å². The predicted molar refractivity (Wildman–Crippen MR) is 61.4 cm³/mol. The monoisotopic (exact) mass is 192 g/mol. The van der Waals surface area contributed by atoms with Crippen molar-refractivity contribution in [2.45, 2.75) is 19.9 Å². The van der Waals surface area contributed by atoms with Crippen LogP contribution in [0.3, 0.4) is 0 Å². The van der Waals surface area contributed by atoms with Crippen molar-refractivity contribution in [3.8, 4) is 0 Å². The Morgan fingerprint density at radius 1 is 1.21 bits per heavy atom. The van der Waals surface area contributed by atoms with Crippen molar-refractivity contribution >= 4 is 0 Å². The molecule has 14 heavy (non-hydrogen) atoms. The van der Waals surface area contributed by atoms with Crippen molar-refractivity contribution in [1.29, 1.82) is 0 Å². The number of nitrogens with two attached hydrogens (primary N) is 1. The average molecular weight is 192 g/mol. The van der Waals surface area contributed by atoms with Gasteiger partial charge in [-0.3, -0.25) is 0 Å². The Labute approximate surface area is 86.7 Å².